The van der Waals surface area contributed by atoms with Crippen LogP contribution in [0.2, 0.25) is 0 Å². The minimum atomic E-state index is -1.05. The van der Waals surface area contributed by atoms with E-state index in [9.17, 15) is 19.5 Å². The molecule has 0 atom stereocenters. The minimum Gasteiger partial charge on any atom is -0.386 e. The molecule has 0 fully saturated rings. The molecule has 6 rings (SSSR count). The molecule has 0 radical (unpaired) electrons. The van der Waals surface area contributed by atoms with Crippen LogP contribution in [0.25, 0.3) is 44.1 Å². The monoisotopic (exact) mass is 518 g/mol. The van der Waals surface area contributed by atoms with E-state index in [1.807, 2.05) is 37.3 Å². The molecular weight excluding hydrogens is 492 g/mol. The SMILES string of the molecule is Cc1c(-c2ccc(C(N)=O)c3[nH]c4cc(C(C)(C)O)ccc4c23)cccc1-n1c(=O)cc2ccccn2c1=O. The number of aromatic amines is 1. The Balaban J connectivity index is 1.66. The van der Waals surface area contributed by atoms with E-state index in [0.29, 0.717) is 22.3 Å². The fourth-order valence-corrected chi connectivity index (χ4v) is 5.34. The maximum absolute atomic E-state index is 13.4. The van der Waals surface area contributed by atoms with Crippen molar-refractivity contribution >= 4 is 33.2 Å². The quantitative estimate of drug-likeness (QED) is 0.320. The Hall–Kier alpha value is -4.95. The molecule has 8 heteroatoms. The first-order valence-corrected chi connectivity index (χ1v) is 12.5. The van der Waals surface area contributed by atoms with Gasteiger partial charge in [0.2, 0.25) is 0 Å². The maximum Gasteiger partial charge on any atom is 0.340 e. The molecule has 3 heterocycles. The highest BCUT2D eigenvalue weighted by Gasteiger charge is 2.22. The van der Waals surface area contributed by atoms with E-state index in [1.54, 1.807) is 56.4 Å². The zero-order valence-corrected chi connectivity index (χ0v) is 21.6. The van der Waals surface area contributed by atoms with Gasteiger partial charge in [-0.3, -0.25) is 14.0 Å². The van der Waals surface area contributed by atoms with Crippen LogP contribution in [0.15, 0.2) is 88.6 Å². The Morgan fingerprint density at radius 2 is 1.74 bits per heavy atom. The summed E-state index contributed by atoms with van der Waals surface area (Å²) >= 11 is 0. The Bertz CT molecular complexity index is 2090. The average Bonchev–Trinajstić information content (AvgIpc) is 3.27. The predicted molar refractivity (Wildman–Crippen MR) is 153 cm³/mol. The van der Waals surface area contributed by atoms with Crippen molar-refractivity contribution in [2.24, 2.45) is 5.73 Å². The van der Waals surface area contributed by atoms with Gasteiger partial charge in [0.05, 0.1) is 27.9 Å². The number of H-pyrrole nitrogens is 1. The highest BCUT2D eigenvalue weighted by Crippen LogP contribution is 2.39. The van der Waals surface area contributed by atoms with E-state index in [0.717, 1.165) is 38.5 Å². The number of nitrogens with zero attached hydrogens (tertiary/aromatic N) is 2. The molecule has 0 aliphatic carbocycles. The van der Waals surface area contributed by atoms with Crippen LogP contribution >= 0.6 is 0 Å². The molecule has 8 nitrogen and oxygen atoms in total. The summed E-state index contributed by atoms with van der Waals surface area (Å²) in [7, 11) is 0. The first-order chi connectivity index (χ1) is 18.6. The van der Waals surface area contributed by atoms with Gasteiger partial charge in [-0.25, -0.2) is 9.36 Å². The van der Waals surface area contributed by atoms with Crippen molar-refractivity contribution in [3.05, 3.63) is 117 Å². The molecule has 39 heavy (non-hydrogen) atoms. The van der Waals surface area contributed by atoms with Crippen molar-refractivity contribution in [1.29, 1.82) is 0 Å². The number of aliphatic hydroxyl groups is 1. The molecule has 3 aromatic carbocycles. The highest BCUT2D eigenvalue weighted by atomic mass is 16.3. The normalized spacial score (nSPS) is 12.0. The van der Waals surface area contributed by atoms with Crippen LogP contribution in [-0.2, 0) is 5.60 Å². The smallest absolute Gasteiger partial charge is 0.340 e. The average molecular weight is 519 g/mol. The third-order valence-corrected chi connectivity index (χ3v) is 7.34. The first kappa shape index (κ1) is 24.4. The second-order valence-corrected chi connectivity index (χ2v) is 10.3. The van der Waals surface area contributed by atoms with E-state index < -0.39 is 22.8 Å². The summed E-state index contributed by atoms with van der Waals surface area (Å²) < 4.78 is 2.61. The van der Waals surface area contributed by atoms with E-state index >= 15 is 0 Å². The van der Waals surface area contributed by atoms with Gasteiger partial charge < -0.3 is 15.8 Å². The molecule has 3 aromatic heterocycles. The van der Waals surface area contributed by atoms with Gasteiger partial charge in [-0.2, -0.15) is 0 Å². The Kier molecular flexibility index (Phi) is 5.34. The lowest BCUT2D eigenvalue weighted by Gasteiger charge is -2.17. The summed E-state index contributed by atoms with van der Waals surface area (Å²) in [4.78, 5) is 42.2. The van der Waals surface area contributed by atoms with Crippen molar-refractivity contribution in [3.8, 4) is 16.8 Å². The van der Waals surface area contributed by atoms with Crippen LogP contribution in [0, 0.1) is 6.92 Å². The van der Waals surface area contributed by atoms with E-state index in [1.165, 1.54) is 15.0 Å². The standard InChI is InChI=1S/C31H26N4O4/c1-17-20(8-6-9-25(17)35-26(36)16-19-7-4-5-14-34(19)30(35)38)21-12-13-23(29(32)37)28-27(21)22-11-10-18(31(2,3)39)15-24(22)33-28/h4-16,33,39H,1-3H3,(H2,32,37). The predicted octanol–water partition coefficient (Wildman–Crippen LogP) is 4.39. The van der Waals surface area contributed by atoms with Crippen molar-refractivity contribution < 1.29 is 9.90 Å². The highest BCUT2D eigenvalue weighted by molar-refractivity contribution is 6.20. The number of aromatic nitrogens is 3. The fourth-order valence-electron chi connectivity index (χ4n) is 5.34. The second kappa shape index (κ2) is 8.54. The number of primary amides is 1. The number of hydrogen-bond acceptors (Lipinski definition) is 4. The number of nitrogens with one attached hydrogen (secondary N) is 1. The summed E-state index contributed by atoms with van der Waals surface area (Å²) in [5.41, 5.74) is 9.50. The summed E-state index contributed by atoms with van der Waals surface area (Å²) in [6.07, 6.45) is 1.63. The number of benzene rings is 3. The molecule has 0 aliphatic heterocycles. The number of rotatable bonds is 4. The summed E-state index contributed by atoms with van der Waals surface area (Å²) in [5, 5.41) is 12.2. The van der Waals surface area contributed by atoms with Crippen LogP contribution in [0.3, 0.4) is 0 Å². The number of fused-ring (bicyclic) bond motifs is 4. The number of carbonyl (C=O) groups is 1. The van der Waals surface area contributed by atoms with E-state index in [-0.39, 0.29) is 0 Å². The minimum absolute atomic E-state index is 0.340. The third-order valence-electron chi connectivity index (χ3n) is 7.34. The first-order valence-electron chi connectivity index (χ1n) is 12.5. The number of pyridine rings is 1. The lowest BCUT2D eigenvalue weighted by Crippen LogP contribution is -2.36. The molecule has 0 spiro atoms. The van der Waals surface area contributed by atoms with Gasteiger partial charge >= 0.3 is 5.69 Å². The van der Waals surface area contributed by atoms with Gasteiger partial charge in [0.25, 0.3) is 11.5 Å². The van der Waals surface area contributed by atoms with Crippen LogP contribution in [0.4, 0.5) is 0 Å². The van der Waals surface area contributed by atoms with E-state index in [2.05, 4.69) is 4.98 Å². The number of carbonyl (C=O) groups excluding carboxylic acids is 1. The van der Waals surface area contributed by atoms with Gasteiger partial charge in [0.1, 0.15) is 0 Å². The van der Waals surface area contributed by atoms with E-state index in [4.69, 9.17) is 5.73 Å². The van der Waals surface area contributed by atoms with Gasteiger partial charge in [-0.05, 0) is 73.4 Å². The van der Waals surface area contributed by atoms with Gasteiger partial charge in [-0.15, -0.1) is 0 Å². The molecule has 1 amide bonds. The second-order valence-electron chi connectivity index (χ2n) is 10.3. The van der Waals surface area contributed by atoms with Gasteiger partial charge in [-0.1, -0.05) is 36.4 Å². The fraction of sp³-hybridized carbons (Fsp3) is 0.129. The van der Waals surface area contributed by atoms with Crippen LogP contribution in [0.1, 0.15) is 35.3 Å². The van der Waals surface area contributed by atoms with Gasteiger partial charge in [0.15, 0.2) is 0 Å². The molecule has 6 aromatic rings. The Labute approximate surface area is 222 Å². The zero-order valence-electron chi connectivity index (χ0n) is 21.6. The van der Waals surface area contributed by atoms with Crippen molar-refractivity contribution in [2.75, 3.05) is 0 Å². The third kappa shape index (κ3) is 3.76. The van der Waals surface area contributed by atoms with Crippen LogP contribution in [-0.4, -0.2) is 25.0 Å². The lowest BCUT2D eigenvalue weighted by molar-refractivity contribution is 0.0787. The number of hydrogen-bond donors (Lipinski definition) is 3. The molecule has 0 bridgehead atoms. The summed E-state index contributed by atoms with van der Waals surface area (Å²) in [5.74, 6) is -0.568. The Morgan fingerprint density at radius 1 is 0.949 bits per heavy atom. The lowest BCUT2D eigenvalue weighted by atomic mass is 9.92. The molecule has 0 unspecified atom stereocenters. The van der Waals surface area contributed by atoms with Gasteiger partial charge in [0, 0.05) is 28.6 Å². The summed E-state index contributed by atoms with van der Waals surface area (Å²) in [6.45, 7) is 5.29. The summed E-state index contributed by atoms with van der Waals surface area (Å²) in [6, 6.07) is 21.3. The van der Waals surface area contributed by atoms with Crippen molar-refractivity contribution in [3.63, 3.8) is 0 Å². The molecule has 0 saturated carbocycles. The molecule has 194 valence electrons. The van der Waals surface area contributed by atoms with Crippen molar-refractivity contribution in [1.82, 2.24) is 14.0 Å². The molecular formula is C31H26N4O4. The largest absolute Gasteiger partial charge is 0.386 e. The molecule has 0 aliphatic rings. The number of nitrogens with two attached hydrogens (primary N) is 1. The number of amides is 1. The van der Waals surface area contributed by atoms with Crippen LogP contribution < -0.4 is 17.0 Å². The Morgan fingerprint density at radius 3 is 2.49 bits per heavy atom. The topological polar surface area (TPSA) is 123 Å². The zero-order chi connectivity index (χ0) is 27.6. The maximum atomic E-state index is 13.4. The molecule has 4 N–H and O–H groups in total. The van der Waals surface area contributed by atoms with Crippen molar-refractivity contribution in [2.45, 2.75) is 26.4 Å². The van der Waals surface area contributed by atoms with Crippen LogP contribution in [0.5, 0.6) is 0 Å². The molecule has 0 saturated heterocycles.